The van der Waals surface area contributed by atoms with Crippen LogP contribution in [0, 0.1) is 17.2 Å². The van der Waals surface area contributed by atoms with Crippen molar-refractivity contribution in [2.75, 3.05) is 13.7 Å². The van der Waals surface area contributed by atoms with E-state index < -0.39 is 6.04 Å². The van der Waals surface area contributed by atoms with Crippen LogP contribution in [0.15, 0.2) is 0 Å². The van der Waals surface area contributed by atoms with E-state index >= 15 is 0 Å². The van der Waals surface area contributed by atoms with Crippen LogP contribution in [-0.4, -0.2) is 31.7 Å². The first-order valence-electron chi connectivity index (χ1n) is 5.13. The summed E-state index contributed by atoms with van der Waals surface area (Å²) in [5.74, 6) is -0.298. The standard InChI is InChI=1S/C10H17N3O2/c1-15-6-8(12)10(14)13-9-4-2-3-7(9)5-11/h7-9H,2-4,6,12H2,1H3,(H,13,14). The van der Waals surface area contributed by atoms with E-state index in [-0.39, 0.29) is 24.5 Å². The van der Waals surface area contributed by atoms with Crippen molar-refractivity contribution in [1.29, 1.82) is 5.26 Å². The number of rotatable bonds is 4. The van der Waals surface area contributed by atoms with Crippen LogP contribution in [0.25, 0.3) is 0 Å². The molecule has 1 saturated carbocycles. The number of carbonyl (C=O) groups is 1. The van der Waals surface area contributed by atoms with Gasteiger partial charge in [0, 0.05) is 13.2 Å². The fourth-order valence-electron chi connectivity index (χ4n) is 1.83. The van der Waals surface area contributed by atoms with E-state index in [4.69, 9.17) is 15.7 Å². The third-order valence-corrected chi connectivity index (χ3v) is 2.69. The summed E-state index contributed by atoms with van der Waals surface area (Å²) in [4.78, 5) is 11.5. The Bertz CT molecular complexity index is 262. The molecule has 15 heavy (non-hydrogen) atoms. The molecule has 5 nitrogen and oxygen atoms in total. The average Bonchev–Trinajstić information content (AvgIpc) is 2.65. The number of nitrogens with one attached hydrogen (secondary N) is 1. The van der Waals surface area contributed by atoms with Crippen molar-refractivity contribution in [1.82, 2.24) is 5.32 Å². The molecule has 0 aromatic carbocycles. The Balaban J connectivity index is 2.41. The van der Waals surface area contributed by atoms with Gasteiger partial charge in [-0.05, 0) is 19.3 Å². The van der Waals surface area contributed by atoms with Gasteiger partial charge in [0.15, 0.2) is 0 Å². The Morgan fingerprint density at radius 2 is 2.47 bits per heavy atom. The lowest BCUT2D eigenvalue weighted by molar-refractivity contribution is -0.124. The van der Waals surface area contributed by atoms with Crippen molar-refractivity contribution in [2.24, 2.45) is 11.7 Å². The maximum absolute atomic E-state index is 11.5. The molecule has 0 spiro atoms. The van der Waals surface area contributed by atoms with Crippen molar-refractivity contribution in [3.8, 4) is 6.07 Å². The zero-order valence-corrected chi connectivity index (χ0v) is 8.90. The number of hydrogen-bond acceptors (Lipinski definition) is 4. The van der Waals surface area contributed by atoms with E-state index in [1.807, 2.05) is 0 Å². The van der Waals surface area contributed by atoms with Crippen LogP contribution in [0.1, 0.15) is 19.3 Å². The van der Waals surface area contributed by atoms with E-state index in [1.54, 1.807) is 0 Å². The summed E-state index contributed by atoms with van der Waals surface area (Å²) in [5, 5.41) is 11.6. The molecule has 0 radical (unpaired) electrons. The molecule has 3 atom stereocenters. The summed E-state index contributed by atoms with van der Waals surface area (Å²) in [6.45, 7) is 0.204. The summed E-state index contributed by atoms with van der Waals surface area (Å²) in [5.41, 5.74) is 5.57. The van der Waals surface area contributed by atoms with Crippen LogP contribution in [0.4, 0.5) is 0 Å². The van der Waals surface area contributed by atoms with E-state index in [9.17, 15) is 4.79 Å². The number of nitrogens with zero attached hydrogens (tertiary/aromatic N) is 1. The van der Waals surface area contributed by atoms with Gasteiger partial charge in [0.2, 0.25) is 5.91 Å². The van der Waals surface area contributed by atoms with Crippen molar-refractivity contribution >= 4 is 5.91 Å². The second-order valence-electron chi connectivity index (χ2n) is 3.84. The molecule has 3 unspecified atom stereocenters. The Kier molecular flexibility index (Phi) is 4.53. The Morgan fingerprint density at radius 3 is 3.07 bits per heavy atom. The van der Waals surface area contributed by atoms with Crippen LogP contribution >= 0.6 is 0 Å². The van der Waals surface area contributed by atoms with Gasteiger partial charge in [0.1, 0.15) is 6.04 Å². The smallest absolute Gasteiger partial charge is 0.239 e. The highest BCUT2D eigenvalue weighted by Crippen LogP contribution is 2.24. The summed E-state index contributed by atoms with van der Waals surface area (Å²) >= 11 is 0. The van der Waals surface area contributed by atoms with Crippen molar-refractivity contribution in [2.45, 2.75) is 31.3 Å². The number of nitrogens with two attached hydrogens (primary N) is 1. The normalized spacial score (nSPS) is 27.0. The van der Waals surface area contributed by atoms with Crippen molar-refractivity contribution in [3.05, 3.63) is 0 Å². The molecule has 1 fully saturated rings. The van der Waals surface area contributed by atoms with Gasteiger partial charge in [0.25, 0.3) is 0 Å². The third-order valence-electron chi connectivity index (χ3n) is 2.69. The highest BCUT2D eigenvalue weighted by Gasteiger charge is 2.29. The highest BCUT2D eigenvalue weighted by atomic mass is 16.5. The van der Waals surface area contributed by atoms with Gasteiger partial charge in [-0.1, -0.05) is 0 Å². The molecule has 1 rings (SSSR count). The Hall–Kier alpha value is -1.12. The molecule has 3 N–H and O–H groups in total. The molecular formula is C10H17N3O2. The van der Waals surface area contributed by atoms with Gasteiger partial charge >= 0.3 is 0 Å². The molecule has 1 aliphatic rings. The number of methoxy groups -OCH3 is 1. The lowest BCUT2D eigenvalue weighted by Gasteiger charge is -2.18. The summed E-state index contributed by atoms with van der Waals surface area (Å²) in [7, 11) is 1.50. The Labute approximate surface area is 89.6 Å². The fraction of sp³-hybridized carbons (Fsp3) is 0.800. The molecule has 0 heterocycles. The predicted octanol–water partition coefficient (Wildman–Crippen LogP) is -0.231. The first-order chi connectivity index (χ1) is 7.19. The number of hydrogen-bond donors (Lipinski definition) is 2. The highest BCUT2D eigenvalue weighted by molar-refractivity contribution is 5.82. The molecule has 1 amide bonds. The molecule has 0 bridgehead atoms. The van der Waals surface area contributed by atoms with Gasteiger partial charge in [0.05, 0.1) is 18.6 Å². The lowest BCUT2D eigenvalue weighted by Crippen LogP contribution is -2.48. The molecule has 0 aliphatic heterocycles. The number of nitriles is 1. The van der Waals surface area contributed by atoms with E-state index in [1.165, 1.54) is 7.11 Å². The van der Waals surface area contributed by atoms with Crippen LogP contribution < -0.4 is 11.1 Å². The molecule has 84 valence electrons. The van der Waals surface area contributed by atoms with Crippen LogP contribution in [0.3, 0.4) is 0 Å². The summed E-state index contributed by atoms with van der Waals surface area (Å²) in [6, 6.07) is 1.52. The van der Waals surface area contributed by atoms with Gasteiger partial charge in [-0.25, -0.2) is 0 Å². The van der Waals surface area contributed by atoms with Gasteiger partial charge in [-0.3, -0.25) is 4.79 Å². The van der Waals surface area contributed by atoms with Gasteiger partial charge < -0.3 is 15.8 Å². The topological polar surface area (TPSA) is 88.1 Å². The lowest BCUT2D eigenvalue weighted by atomic mass is 10.1. The minimum Gasteiger partial charge on any atom is -0.383 e. The molecule has 5 heteroatoms. The SMILES string of the molecule is COCC(N)C(=O)NC1CCCC1C#N. The van der Waals surface area contributed by atoms with Crippen molar-refractivity contribution < 1.29 is 9.53 Å². The predicted molar refractivity (Wildman–Crippen MR) is 54.7 cm³/mol. The fourth-order valence-corrected chi connectivity index (χ4v) is 1.83. The van der Waals surface area contributed by atoms with Crippen LogP contribution in [0.5, 0.6) is 0 Å². The molecule has 0 aromatic rings. The average molecular weight is 211 g/mol. The molecule has 1 aliphatic carbocycles. The number of amides is 1. The van der Waals surface area contributed by atoms with E-state index in [0.29, 0.717) is 0 Å². The minimum absolute atomic E-state index is 0.0367. The molecule has 0 aromatic heterocycles. The third kappa shape index (κ3) is 3.18. The Morgan fingerprint density at radius 1 is 1.73 bits per heavy atom. The summed E-state index contributed by atoms with van der Waals surface area (Å²) in [6.07, 6.45) is 2.72. The van der Waals surface area contributed by atoms with Gasteiger partial charge in [-0.2, -0.15) is 5.26 Å². The van der Waals surface area contributed by atoms with E-state index in [2.05, 4.69) is 11.4 Å². The second-order valence-corrected chi connectivity index (χ2v) is 3.84. The zero-order valence-electron chi connectivity index (χ0n) is 8.90. The van der Waals surface area contributed by atoms with Crippen LogP contribution in [-0.2, 0) is 9.53 Å². The largest absolute Gasteiger partial charge is 0.383 e. The first kappa shape index (κ1) is 12.0. The van der Waals surface area contributed by atoms with Gasteiger partial charge in [-0.15, -0.1) is 0 Å². The number of carbonyl (C=O) groups excluding carboxylic acids is 1. The minimum atomic E-state index is -0.644. The summed E-state index contributed by atoms with van der Waals surface area (Å²) < 4.78 is 4.79. The maximum atomic E-state index is 11.5. The monoisotopic (exact) mass is 211 g/mol. The maximum Gasteiger partial charge on any atom is 0.239 e. The van der Waals surface area contributed by atoms with Crippen molar-refractivity contribution in [3.63, 3.8) is 0 Å². The molecular weight excluding hydrogens is 194 g/mol. The van der Waals surface area contributed by atoms with Crippen LogP contribution in [0.2, 0.25) is 0 Å². The quantitative estimate of drug-likeness (QED) is 0.672. The van der Waals surface area contributed by atoms with E-state index in [0.717, 1.165) is 19.3 Å². The first-order valence-corrected chi connectivity index (χ1v) is 5.13. The molecule has 0 saturated heterocycles. The number of ether oxygens (including phenoxy) is 1. The second kappa shape index (κ2) is 5.69. The zero-order chi connectivity index (χ0) is 11.3.